The van der Waals surface area contributed by atoms with Gasteiger partial charge in [-0.15, -0.1) is 0 Å². The lowest BCUT2D eigenvalue weighted by molar-refractivity contribution is -0.132. The number of hydrogen-bond acceptors (Lipinski definition) is 5. The summed E-state index contributed by atoms with van der Waals surface area (Å²) >= 11 is 1.37. The van der Waals surface area contributed by atoms with E-state index in [1.807, 2.05) is 55.5 Å². The first-order valence-electron chi connectivity index (χ1n) is 10.8. The third-order valence-electron chi connectivity index (χ3n) is 5.93. The Morgan fingerprint density at radius 1 is 1.03 bits per heavy atom. The molecule has 1 atom stereocenters. The van der Waals surface area contributed by atoms with Gasteiger partial charge < -0.3 is 5.11 Å². The maximum Gasteiger partial charge on any atom is 0.301 e. The summed E-state index contributed by atoms with van der Waals surface area (Å²) in [6.07, 6.45) is 0.877. The second-order valence-corrected chi connectivity index (χ2v) is 9.11. The summed E-state index contributed by atoms with van der Waals surface area (Å²) in [6.45, 7) is 4.07. The lowest BCUT2D eigenvalue weighted by atomic mass is 9.94. The topological polar surface area (TPSA) is 70.5 Å². The molecule has 1 amide bonds. The minimum atomic E-state index is -0.766. The van der Waals surface area contributed by atoms with Crippen molar-refractivity contribution >= 4 is 44.1 Å². The van der Waals surface area contributed by atoms with Crippen LogP contribution in [-0.2, 0) is 16.0 Å². The van der Waals surface area contributed by atoms with E-state index in [0.717, 1.165) is 33.3 Å². The minimum Gasteiger partial charge on any atom is -0.507 e. The van der Waals surface area contributed by atoms with Crippen LogP contribution in [0.5, 0.6) is 0 Å². The van der Waals surface area contributed by atoms with Crippen molar-refractivity contribution in [2.24, 2.45) is 0 Å². The number of aromatic nitrogens is 1. The molecule has 1 N–H and O–H groups in total. The molecule has 1 aromatic heterocycles. The van der Waals surface area contributed by atoms with Gasteiger partial charge in [0.25, 0.3) is 5.78 Å². The van der Waals surface area contributed by atoms with E-state index in [-0.39, 0.29) is 11.3 Å². The summed E-state index contributed by atoms with van der Waals surface area (Å²) in [4.78, 5) is 32.6. The fraction of sp³-hybridized carbons (Fsp3) is 0.148. The van der Waals surface area contributed by atoms with Crippen LogP contribution in [0.3, 0.4) is 0 Å². The normalized spacial score (nSPS) is 17.8. The van der Waals surface area contributed by atoms with E-state index in [0.29, 0.717) is 10.7 Å². The molecule has 1 aliphatic heterocycles. The number of benzene rings is 3. The van der Waals surface area contributed by atoms with E-state index < -0.39 is 17.7 Å². The van der Waals surface area contributed by atoms with Crippen LogP contribution in [0.1, 0.15) is 35.2 Å². The maximum absolute atomic E-state index is 13.3. The Balaban J connectivity index is 1.72. The lowest BCUT2D eigenvalue weighted by Crippen LogP contribution is -2.29. The fourth-order valence-electron chi connectivity index (χ4n) is 4.16. The largest absolute Gasteiger partial charge is 0.507 e. The van der Waals surface area contributed by atoms with Crippen LogP contribution in [0.2, 0.25) is 0 Å². The van der Waals surface area contributed by atoms with E-state index in [1.54, 1.807) is 24.3 Å². The molecule has 33 heavy (non-hydrogen) atoms. The predicted octanol–water partition coefficient (Wildman–Crippen LogP) is 5.79. The monoisotopic (exact) mass is 454 g/mol. The van der Waals surface area contributed by atoms with Crippen LogP contribution < -0.4 is 4.90 Å². The SMILES string of the molecule is CCc1ccc(C2C(=C(O)c3ccccc3)C(=O)C(=O)N2c2nc3ccc(C)cc3s2)cc1. The number of Topliss-reactive ketones (excluding diaryl/α,β-unsaturated/α-hetero) is 1. The number of rotatable bonds is 4. The summed E-state index contributed by atoms with van der Waals surface area (Å²) < 4.78 is 0.940. The first-order chi connectivity index (χ1) is 16.0. The van der Waals surface area contributed by atoms with Gasteiger partial charge in [0.05, 0.1) is 21.8 Å². The molecule has 1 fully saturated rings. The van der Waals surface area contributed by atoms with Gasteiger partial charge in [0, 0.05) is 5.56 Å². The number of aliphatic hydroxyl groups is 1. The Bertz CT molecular complexity index is 1400. The molecule has 6 heteroatoms. The Morgan fingerprint density at radius 3 is 2.45 bits per heavy atom. The van der Waals surface area contributed by atoms with E-state index >= 15 is 0 Å². The number of amides is 1. The van der Waals surface area contributed by atoms with E-state index in [1.165, 1.54) is 16.2 Å². The van der Waals surface area contributed by atoms with Crippen molar-refractivity contribution in [2.45, 2.75) is 26.3 Å². The van der Waals surface area contributed by atoms with E-state index in [9.17, 15) is 14.7 Å². The highest BCUT2D eigenvalue weighted by Crippen LogP contribution is 2.44. The van der Waals surface area contributed by atoms with Crippen LogP contribution >= 0.6 is 11.3 Å². The summed E-state index contributed by atoms with van der Waals surface area (Å²) in [7, 11) is 0. The summed E-state index contributed by atoms with van der Waals surface area (Å²) in [5.41, 5.74) is 4.33. The van der Waals surface area contributed by atoms with Crippen LogP contribution in [0, 0.1) is 6.92 Å². The van der Waals surface area contributed by atoms with Crippen LogP contribution in [-0.4, -0.2) is 21.8 Å². The van der Waals surface area contributed by atoms with Crippen molar-refractivity contribution < 1.29 is 14.7 Å². The summed E-state index contributed by atoms with van der Waals surface area (Å²) in [6, 6.07) is 21.8. The van der Waals surface area contributed by atoms with Gasteiger partial charge in [-0.3, -0.25) is 14.5 Å². The number of thiazole rings is 1. The Morgan fingerprint density at radius 2 is 1.76 bits per heavy atom. The number of carbonyl (C=O) groups is 2. The number of aliphatic hydroxyl groups excluding tert-OH is 1. The number of carbonyl (C=O) groups excluding carboxylic acids is 2. The average Bonchev–Trinajstić information content (AvgIpc) is 3.37. The average molecular weight is 455 g/mol. The number of aryl methyl sites for hydroxylation is 2. The van der Waals surface area contributed by atoms with Crippen molar-refractivity contribution in [3.8, 4) is 0 Å². The number of nitrogens with zero attached hydrogens (tertiary/aromatic N) is 2. The first kappa shape index (κ1) is 21.1. The smallest absolute Gasteiger partial charge is 0.301 e. The van der Waals surface area contributed by atoms with Gasteiger partial charge >= 0.3 is 5.91 Å². The highest BCUT2D eigenvalue weighted by Gasteiger charge is 2.48. The van der Waals surface area contributed by atoms with Gasteiger partial charge in [0.15, 0.2) is 5.13 Å². The molecule has 0 saturated carbocycles. The van der Waals surface area contributed by atoms with Gasteiger partial charge in [-0.05, 0) is 42.2 Å². The van der Waals surface area contributed by atoms with Crippen molar-refractivity contribution in [2.75, 3.05) is 4.90 Å². The highest BCUT2D eigenvalue weighted by atomic mass is 32.1. The van der Waals surface area contributed by atoms with Gasteiger partial charge in [-0.25, -0.2) is 4.98 Å². The second kappa shape index (κ2) is 8.30. The molecule has 5 nitrogen and oxygen atoms in total. The lowest BCUT2D eigenvalue weighted by Gasteiger charge is -2.23. The molecule has 1 aliphatic rings. The van der Waals surface area contributed by atoms with Crippen LogP contribution in [0.25, 0.3) is 16.0 Å². The molecule has 3 aromatic carbocycles. The first-order valence-corrected chi connectivity index (χ1v) is 11.6. The number of anilines is 1. The van der Waals surface area contributed by atoms with Crippen molar-refractivity contribution in [3.05, 3.63) is 101 Å². The zero-order valence-corrected chi connectivity index (χ0v) is 19.1. The van der Waals surface area contributed by atoms with Gasteiger partial charge in [-0.2, -0.15) is 0 Å². The quantitative estimate of drug-likeness (QED) is 0.241. The van der Waals surface area contributed by atoms with Gasteiger partial charge in [0.2, 0.25) is 0 Å². The molecular formula is C27H22N2O3S. The van der Waals surface area contributed by atoms with Crippen LogP contribution in [0.4, 0.5) is 5.13 Å². The standard InChI is InChI=1S/C27H22N2O3S/c1-3-17-10-12-18(13-11-17)23-22(24(30)19-7-5-4-6-8-19)25(31)26(32)29(23)27-28-20-14-9-16(2)15-21(20)33-27/h4-15,23,30H,3H2,1-2H3. The molecule has 0 spiro atoms. The minimum absolute atomic E-state index is 0.0749. The second-order valence-electron chi connectivity index (χ2n) is 8.10. The predicted molar refractivity (Wildman–Crippen MR) is 131 cm³/mol. The molecule has 4 aromatic rings. The van der Waals surface area contributed by atoms with Crippen molar-refractivity contribution in [3.63, 3.8) is 0 Å². The molecule has 1 saturated heterocycles. The van der Waals surface area contributed by atoms with E-state index in [2.05, 4.69) is 11.9 Å². The third kappa shape index (κ3) is 3.62. The van der Waals surface area contributed by atoms with E-state index in [4.69, 9.17) is 0 Å². The molecule has 0 aliphatic carbocycles. The molecule has 1 unspecified atom stereocenters. The Kier molecular flexibility index (Phi) is 5.30. The zero-order valence-electron chi connectivity index (χ0n) is 18.3. The van der Waals surface area contributed by atoms with Gasteiger partial charge in [0.1, 0.15) is 5.76 Å². The number of ketones is 1. The third-order valence-corrected chi connectivity index (χ3v) is 6.95. The Labute approximate surface area is 195 Å². The van der Waals surface area contributed by atoms with Crippen LogP contribution in [0.15, 0.2) is 78.4 Å². The molecule has 0 bridgehead atoms. The fourth-order valence-corrected chi connectivity index (χ4v) is 5.25. The van der Waals surface area contributed by atoms with Gasteiger partial charge in [-0.1, -0.05) is 78.9 Å². The van der Waals surface area contributed by atoms with Crippen molar-refractivity contribution in [1.82, 2.24) is 4.98 Å². The molecule has 2 heterocycles. The number of hydrogen-bond donors (Lipinski definition) is 1. The summed E-state index contributed by atoms with van der Waals surface area (Å²) in [5, 5.41) is 11.6. The highest BCUT2D eigenvalue weighted by molar-refractivity contribution is 7.22. The molecule has 0 radical (unpaired) electrons. The zero-order chi connectivity index (χ0) is 23.1. The molecule has 5 rings (SSSR count). The molecule has 164 valence electrons. The maximum atomic E-state index is 13.3. The summed E-state index contributed by atoms with van der Waals surface area (Å²) in [5.74, 6) is -1.58. The molecular weight excluding hydrogens is 432 g/mol. The van der Waals surface area contributed by atoms with Crippen molar-refractivity contribution in [1.29, 1.82) is 0 Å². The Hall–Kier alpha value is -3.77. The number of fused-ring (bicyclic) bond motifs is 1.